The van der Waals surface area contributed by atoms with Crippen LogP contribution in [0.3, 0.4) is 0 Å². The molecule has 1 amide bonds. The third kappa shape index (κ3) is 4.10. The maximum atomic E-state index is 13.0. The number of hydrogen-bond donors (Lipinski definition) is 0. The van der Waals surface area contributed by atoms with E-state index in [1.165, 1.54) is 17.3 Å². The van der Waals surface area contributed by atoms with Crippen molar-refractivity contribution in [2.75, 3.05) is 49.1 Å². The van der Waals surface area contributed by atoms with Crippen LogP contribution in [-0.2, 0) is 0 Å². The normalized spacial score (nSPS) is 17.2. The zero-order valence-electron chi connectivity index (χ0n) is 17.4. The van der Waals surface area contributed by atoms with Crippen LogP contribution in [0.25, 0.3) is 0 Å². The number of para-hydroxylation sites is 1. The molecule has 4 rings (SSSR count). The van der Waals surface area contributed by atoms with Gasteiger partial charge in [-0.2, -0.15) is 0 Å². The second kappa shape index (κ2) is 8.73. The van der Waals surface area contributed by atoms with Gasteiger partial charge in [0.15, 0.2) is 0 Å². The van der Waals surface area contributed by atoms with E-state index in [0.29, 0.717) is 24.3 Å². The number of aryl methyl sites for hydroxylation is 1. The average molecular weight is 409 g/mol. The van der Waals surface area contributed by atoms with Crippen molar-refractivity contribution in [1.29, 1.82) is 0 Å². The van der Waals surface area contributed by atoms with E-state index in [9.17, 15) is 14.9 Å². The highest BCUT2D eigenvalue weighted by Gasteiger charge is 2.27. The number of nitro benzene ring substituents is 1. The second-order valence-corrected chi connectivity index (χ2v) is 8.07. The molecule has 7 heteroatoms. The second-order valence-electron chi connectivity index (χ2n) is 8.07. The first kappa shape index (κ1) is 20.2. The molecule has 30 heavy (non-hydrogen) atoms. The summed E-state index contributed by atoms with van der Waals surface area (Å²) < 4.78 is 0. The fourth-order valence-corrected chi connectivity index (χ4v) is 4.46. The fraction of sp³-hybridized carbons (Fsp3) is 0.435. The molecule has 0 aromatic heterocycles. The van der Waals surface area contributed by atoms with E-state index in [0.717, 1.165) is 45.4 Å². The Bertz CT molecular complexity index is 932. The number of carbonyl (C=O) groups excluding carboxylic acids is 1. The monoisotopic (exact) mass is 408 g/mol. The number of carbonyl (C=O) groups is 1. The van der Waals surface area contributed by atoms with E-state index in [2.05, 4.69) is 28.9 Å². The molecule has 0 N–H and O–H groups in total. The summed E-state index contributed by atoms with van der Waals surface area (Å²) in [5, 5.41) is 11.7. The fourth-order valence-electron chi connectivity index (χ4n) is 4.46. The Kier molecular flexibility index (Phi) is 5.88. The predicted molar refractivity (Wildman–Crippen MR) is 118 cm³/mol. The van der Waals surface area contributed by atoms with Crippen molar-refractivity contribution < 1.29 is 9.72 Å². The SMILES string of the molecule is Cc1ccccc1N1CCN(C(=O)c2ccc(N3CCCCC3)c([N+](=O)[O-])c2)CC1. The number of piperazine rings is 1. The lowest BCUT2D eigenvalue weighted by Gasteiger charge is -2.37. The van der Waals surface area contributed by atoms with Crippen LogP contribution >= 0.6 is 0 Å². The number of hydrogen-bond acceptors (Lipinski definition) is 5. The minimum Gasteiger partial charge on any atom is -0.368 e. The van der Waals surface area contributed by atoms with E-state index >= 15 is 0 Å². The van der Waals surface area contributed by atoms with Crippen molar-refractivity contribution in [3.63, 3.8) is 0 Å². The number of rotatable bonds is 4. The first-order valence-corrected chi connectivity index (χ1v) is 10.7. The van der Waals surface area contributed by atoms with Gasteiger partial charge >= 0.3 is 0 Å². The topological polar surface area (TPSA) is 69.9 Å². The summed E-state index contributed by atoms with van der Waals surface area (Å²) in [6, 6.07) is 13.2. The van der Waals surface area contributed by atoms with Crippen LogP contribution in [-0.4, -0.2) is 55.0 Å². The molecule has 7 nitrogen and oxygen atoms in total. The third-order valence-corrected chi connectivity index (χ3v) is 6.14. The van der Waals surface area contributed by atoms with Crippen LogP contribution in [0.5, 0.6) is 0 Å². The Labute approximate surface area is 177 Å². The molecule has 0 bridgehead atoms. The summed E-state index contributed by atoms with van der Waals surface area (Å²) in [5.74, 6) is -0.132. The molecule has 0 spiro atoms. The Morgan fingerprint density at radius 3 is 2.20 bits per heavy atom. The highest BCUT2D eigenvalue weighted by Crippen LogP contribution is 2.32. The van der Waals surface area contributed by atoms with Crippen LogP contribution in [0.1, 0.15) is 35.2 Å². The van der Waals surface area contributed by atoms with Gasteiger partial charge in [0, 0.05) is 56.6 Å². The van der Waals surface area contributed by atoms with Gasteiger partial charge in [-0.25, -0.2) is 0 Å². The summed E-state index contributed by atoms with van der Waals surface area (Å²) >= 11 is 0. The van der Waals surface area contributed by atoms with Crippen LogP contribution in [0.2, 0.25) is 0 Å². The quantitative estimate of drug-likeness (QED) is 0.568. The highest BCUT2D eigenvalue weighted by molar-refractivity contribution is 5.96. The molecule has 2 fully saturated rings. The predicted octanol–water partition coefficient (Wildman–Crippen LogP) is 3.86. The number of amides is 1. The van der Waals surface area contributed by atoms with Gasteiger partial charge in [-0.05, 0) is 49.9 Å². The minimum absolute atomic E-state index is 0.0290. The molecule has 2 saturated heterocycles. The molecule has 0 unspecified atom stereocenters. The van der Waals surface area contributed by atoms with E-state index in [1.807, 2.05) is 12.1 Å². The van der Waals surface area contributed by atoms with Crippen LogP contribution in [0.4, 0.5) is 17.1 Å². The van der Waals surface area contributed by atoms with Crippen molar-refractivity contribution >= 4 is 23.0 Å². The van der Waals surface area contributed by atoms with Gasteiger partial charge in [0.1, 0.15) is 5.69 Å². The molecule has 2 heterocycles. The number of anilines is 2. The zero-order chi connectivity index (χ0) is 21.1. The van der Waals surface area contributed by atoms with Crippen LogP contribution < -0.4 is 9.80 Å². The minimum atomic E-state index is -0.364. The Balaban J connectivity index is 1.48. The molecular weight excluding hydrogens is 380 g/mol. The molecular formula is C23H28N4O3. The van der Waals surface area contributed by atoms with Gasteiger partial charge in [-0.15, -0.1) is 0 Å². The van der Waals surface area contributed by atoms with E-state index in [4.69, 9.17) is 0 Å². The average Bonchev–Trinajstić information content (AvgIpc) is 2.79. The standard InChI is InChI=1S/C23H28N4O3/c1-18-7-3-4-8-20(18)25-13-15-26(16-14-25)23(28)19-9-10-21(22(17-19)27(29)30)24-11-5-2-6-12-24/h3-4,7-10,17H,2,5-6,11-16H2,1H3. The summed E-state index contributed by atoms with van der Waals surface area (Å²) in [5.41, 5.74) is 3.47. The number of benzene rings is 2. The molecule has 2 aromatic rings. The maximum absolute atomic E-state index is 13.0. The molecule has 0 atom stereocenters. The van der Waals surface area contributed by atoms with Gasteiger partial charge < -0.3 is 14.7 Å². The first-order valence-electron chi connectivity index (χ1n) is 10.7. The number of nitrogens with zero attached hydrogens (tertiary/aromatic N) is 4. The summed E-state index contributed by atoms with van der Waals surface area (Å²) in [7, 11) is 0. The Morgan fingerprint density at radius 1 is 0.867 bits per heavy atom. The Hall–Kier alpha value is -3.09. The molecule has 0 radical (unpaired) electrons. The van der Waals surface area contributed by atoms with Crippen molar-refractivity contribution in [3.8, 4) is 0 Å². The summed E-state index contributed by atoms with van der Waals surface area (Å²) in [4.78, 5) is 30.5. The van der Waals surface area contributed by atoms with Gasteiger partial charge in [0.05, 0.1) is 4.92 Å². The van der Waals surface area contributed by atoms with E-state index < -0.39 is 0 Å². The lowest BCUT2D eigenvalue weighted by atomic mass is 10.1. The lowest BCUT2D eigenvalue weighted by molar-refractivity contribution is -0.384. The molecule has 158 valence electrons. The smallest absolute Gasteiger partial charge is 0.293 e. The number of nitro groups is 1. The highest BCUT2D eigenvalue weighted by atomic mass is 16.6. The third-order valence-electron chi connectivity index (χ3n) is 6.14. The molecule has 2 aromatic carbocycles. The van der Waals surface area contributed by atoms with Crippen LogP contribution in [0, 0.1) is 17.0 Å². The van der Waals surface area contributed by atoms with Gasteiger partial charge in [-0.3, -0.25) is 14.9 Å². The van der Waals surface area contributed by atoms with Gasteiger partial charge in [0.2, 0.25) is 0 Å². The zero-order valence-corrected chi connectivity index (χ0v) is 17.4. The van der Waals surface area contributed by atoms with Crippen molar-refractivity contribution in [3.05, 3.63) is 63.7 Å². The molecule has 2 aliphatic rings. The van der Waals surface area contributed by atoms with Crippen molar-refractivity contribution in [2.24, 2.45) is 0 Å². The van der Waals surface area contributed by atoms with Crippen molar-refractivity contribution in [2.45, 2.75) is 26.2 Å². The van der Waals surface area contributed by atoms with E-state index in [1.54, 1.807) is 17.0 Å². The van der Waals surface area contributed by atoms with E-state index in [-0.39, 0.29) is 16.5 Å². The lowest BCUT2D eigenvalue weighted by Crippen LogP contribution is -2.49. The first-order chi connectivity index (χ1) is 14.5. The Morgan fingerprint density at radius 2 is 1.53 bits per heavy atom. The van der Waals surface area contributed by atoms with Gasteiger partial charge in [0.25, 0.3) is 11.6 Å². The van der Waals surface area contributed by atoms with Crippen molar-refractivity contribution in [1.82, 2.24) is 4.90 Å². The molecule has 0 aliphatic carbocycles. The largest absolute Gasteiger partial charge is 0.368 e. The molecule has 2 aliphatic heterocycles. The van der Waals surface area contributed by atoms with Crippen LogP contribution in [0.15, 0.2) is 42.5 Å². The molecule has 0 saturated carbocycles. The summed E-state index contributed by atoms with van der Waals surface area (Å²) in [6.07, 6.45) is 3.25. The van der Waals surface area contributed by atoms with Gasteiger partial charge in [-0.1, -0.05) is 18.2 Å². The summed E-state index contributed by atoms with van der Waals surface area (Å²) in [6.45, 7) is 6.47. The maximum Gasteiger partial charge on any atom is 0.293 e. The number of piperidine rings is 1.